The lowest BCUT2D eigenvalue weighted by molar-refractivity contribution is 0.106. The summed E-state index contributed by atoms with van der Waals surface area (Å²) in [5, 5.41) is 4.69. The van der Waals surface area contributed by atoms with Crippen LogP contribution in [0.4, 0.5) is 4.39 Å². The van der Waals surface area contributed by atoms with Crippen LogP contribution in [0.25, 0.3) is 17.8 Å². The second-order valence-electron chi connectivity index (χ2n) is 6.84. The number of aryl methyl sites for hydroxylation is 1. The number of ketones is 1. The predicted molar refractivity (Wildman–Crippen MR) is 123 cm³/mol. The topological polar surface area (TPSA) is 77.0 Å². The van der Waals surface area contributed by atoms with Gasteiger partial charge in [0.25, 0.3) is 5.56 Å². The van der Waals surface area contributed by atoms with Gasteiger partial charge in [0.2, 0.25) is 0 Å². The molecule has 0 saturated carbocycles. The SMILES string of the molecule is COc1ccc(C(=O)C=c2[nH]c(=O)c(=Cc3c(C)nn(-c4ccc(F)cc4)c3Cl)s2)cc1. The normalized spacial score (nSPS) is 12.4. The van der Waals surface area contributed by atoms with Crippen LogP contribution in [0, 0.1) is 12.7 Å². The highest BCUT2D eigenvalue weighted by Gasteiger charge is 2.13. The molecule has 2 heterocycles. The summed E-state index contributed by atoms with van der Waals surface area (Å²) in [6.45, 7) is 1.76. The van der Waals surface area contributed by atoms with Crippen molar-refractivity contribution in [3.8, 4) is 11.4 Å². The third-order valence-electron chi connectivity index (χ3n) is 4.71. The second kappa shape index (κ2) is 8.94. The fourth-order valence-corrected chi connectivity index (χ4v) is 4.24. The Hall–Kier alpha value is -3.49. The Labute approximate surface area is 190 Å². The minimum atomic E-state index is -0.362. The molecule has 0 saturated heterocycles. The van der Waals surface area contributed by atoms with E-state index in [1.165, 1.54) is 22.9 Å². The Morgan fingerprint density at radius 3 is 2.53 bits per heavy atom. The molecule has 0 bridgehead atoms. The van der Waals surface area contributed by atoms with Gasteiger partial charge in [0.1, 0.15) is 16.7 Å². The van der Waals surface area contributed by atoms with Gasteiger partial charge >= 0.3 is 0 Å². The molecule has 0 aliphatic rings. The molecule has 6 nitrogen and oxygen atoms in total. The van der Waals surface area contributed by atoms with Gasteiger partial charge in [-0.2, -0.15) is 5.10 Å². The standard InChI is InChI=1S/C23H17ClFN3O3S/c1-13-18(22(24)28(27-13)16-7-5-15(25)6-8-16)11-20-23(30)26-21(32-20)12-19(29)14-3-9-17(31-2)10-4-14/h3-12H,1-2H3,(H,26,30). The minimum Gasteiger partial charge on any atom is -0.497 e. The van der Waals surface area contributed by atoms with E-state index in [0.717, 1.165) is 11.3 Å². The smallest absolute Gasteiger partial charge is 0.266 e. The number of aromatic nitrogens is 3. The first-order valence-electron chi connectivity index (χ1n) is 9.48. The highest BCUT2D eigenvalue weighted by molar-refractivity contribution is 7.07. The van der Waals surface area contributed by atoms with E-state index in [1.807, 2.05) is 0 Å². The zero-order valence-corrected chi connectivity index (χ0v) is 18.6. The van der Waals surface area contributed by atoms with Gasteiger partial charge in [-0.3, -0.25) is 9.59 Å². The Morgan fingerprint density at radius 1 is 1.19 bits per heavy atom. The van der Waals surface area contributed by atoms with E-state index in [9.17, 15) is 14.0 Å². The number of nitrogens with zero attached hydrogens (tertiary/aromatic N) is 2. The Kier molecular flexibility index (Phi) is 6.07. The van der Waals surface area contributed by atoms with Crippen LogP contribution in [0.2, 0.25) is 5.15 Å². The van der Waals surface area contributed by atoms with E-state index in [0.29, 0.717) is 42.6 Å². The fourth-order valence-electron chi connectivity index (χ4n) is 3.04. The Balaban J connectivity index is 1.70. The Bertz CT molecular complexity index is 1470. The summed E-state index contributed by atoms with van der Waals surface area (Å²) in [6, 6.07) is 12.5. The number of Topliss-reactive ketones (excluding diaryl/α,β-unsaturated/α-hetero) is 1. The van der Waals surface area contributed by atoms with Crippen molar-refractivity contribution in [2.45, 2.75) is 6.92 Å². The minimum absolute atomic E-state index is 0.241. The highest BCUT2D eigenvalue weighted by atomic mass is 35.5. The average molecular weight is 470 g/mol. The molecule has 2 aromatic carbocycles. The number of benzene rings is 2. The fraction of sp³-hybridized carbons (Fsp3) is 0.0870. The summed E-state index contributed by atoms with van der Waals surface area (Å²) in [4.78, 5) is 27.6. The monoisotopic (exact) mass is 469 g/mol. The van der Waals surface area contributed by atoms with Gasteiger partial charge in [0.05, 0.1) is 27.7 Å². The van der Waals surface area contributed by atoms with Gasteiger partial charge in [0, 0.05) is 17.2 Å². The van der Waals surface area contributed by atoms with Crippen molar-refractivity contribution in [3.05, 3.63) is 95.9 Å². The first kappa shape index (κ1) is 21.7. The molecule has 0 radical (unpaired) electrons. The van der Waals surface area contributed by atoms with E-state index in [-0.39, 0.29) is 17.2 Å². The number of halogens is 2. The van der Waals surface area contributed by atoms with Crippen molar-refractivity contribution in [3.63, 3.8) is 0 Å². The number of ether oxygens (including phenoxy) is 1. The molecular formula is C23H17ClFN3O3S. The number of nitrogens with one attached hydrogen (secondary N) is 1. The molecule has 32 heavy (non-hydrogen) atoms. The molecule has 0 amide bonds. The maximum absolute atomic E-state index is 13.2. The second-order valence-corrected chi connectivity index (χ2v) is 8.29. The third kappa shape index (κ3) is 4.42. The van der Waals surface area contributed by atoms with Crippen LogP contribution < -0.4 is 19.5 Å². The van der Waals surface area contributed by atoms with Crippen molar-refractivity contribution in [1.82, 2.24) is 14.8 Å². The van der Waals surface area contributed by atoms with Crippen LogP contribution in [0.5, 0.6) is 5.75 Å². The summed E-state index contributed by atoms with van der Waals surface area (Å²) in [5.74, 6) is 0.0464. The Morgan fingerprint density at radius 2 is 1.88 bits per heavy atom. The van der Waals surface area contributed by atoms with Crippen molar-refractivity contribution in [1.29, 1.82) is 0 Å². The van der Waals surface area contributed by atoms with Gasteiger partial charge in [0.15, 0.2) is 5.78 Å². The van der Waals surface area contributed by atoms with Gasteiger partial charge in [-0.1, -0.05) is 11.6 Å². The van der Waals surface area contributed by atoms with Gasteiger partial charge in [-0.05, 0) is 61.5 Å². The van der Waals surface area contributed by atoms with Crippen molar-refractivity contribution in [2.24, 2.45) is 0 Å². The number of methoxy groups -OCH3 is 1. The van der Waals surface area contributed by atoms with Gasteiger partial charge < -0.3 is 9.72 Å². The predicted octanol–water partition coefficient (Wildman–Crippen LogP) is 3.22. The van der Waals surface area contributed by atoms with E-state index >= 15 is 0 Å². The van der Waals surface area contributed by atoms with Crippen LogP contribution >= 0.6 is 22.9 Å². The number of thiazole rings is 1. The molecule has 0 spiro atoms. The molecule has 9 heteroatoms. The summed E-state index contributed by atoms with van der Waals surface area (Å²) >= 11 is 7.64. The van der Waals surface area contributed by atoms with Crippen LogP contribution in [0.3, 0.4) is 0 Å². The van der Waals surface area contributed by atoms with E-state index in [1.54, 1.807) is 56.5 Å². The zero-order chi connectivity index (χ0) is 22.8. The van der Waals surface area contributed by atoms with Crippen LogP contribution in [-0.2, 0) is 0 Å². The van der Waals surface area contributed by atoms with E-state index in [2.05, 4.69) is 10.1 Å². The lowest BCUT2D eigenvalue weighted by Gasteiger charge is -2.02. The molecule has 4 rings (SSSR count). The molecule has 0 aliphatic carbocycles. The quantitative estimate of drug-likeness (QED) is 0.455. The highest BCUT2D eigenvalue weighted by Crippen LogP contribution is 2.24. The van der Waals surface area contributed by atoms with Crippen LogP contribution in [-0.4, -0.2) is 27.7 Å². The summed E-state index contributed by atoms with van der Waals surface area (Å²) in [7, 11) is 1.55. The number of hydrogen-bond acceptors (Lipinski definition) is 5. The lowest BCUT2D eigenvalue weighted by atomic mass is 10.1. The zero-order valence-electron chi connectivity index (χ0n) is 17.1. The number of aromatic amines is 1. The first-order valence-corrected chi connectivity index (χ1v) is 10.7. The van der Waals surface area contributed by atoms with Crippen molar-refractivity contribution < 1.29 is 13.9 Å². The summed E-state index contributed by atoms with van der Waals surface area (Å²) in [5.41, 5.74) is 1.90. The molecule has 162 valence electrons. The molecule has 0 atom stereocenters. The van der Waals surface area contributed by atoms with Crippen molar-refractivity contribution in [2.75, 3.05) is 7.11 Å². The number of H-pyrrole nitrogens is 1. The average Bonchev–Trinajstić information content (AvgIpc) is 3.27. The molecule has 0 aliphatic heterocycles. The van der Waals surface area contributed by atoms with Crippen molar-refractivity contribution >= 4 is 40.9 Å². The maximum Gasteiger partial charge on any atom is 0.266 e. The molecule has 0 unspecified atom stereocenters. The molecular weight excluding hydrogens is 453 g/mol. The molecule has 0 fully saturated rings. The third-order valence-corrected chi connectivity index (χ3v) is 6.04. The largest absolute Gasteiger partial charge is 0.497 e. The number of hydrogen-bond donors (Lipinski definition) is 1. The van der Waals surface area contributed by atoms with Crippen LogP contribution in [0.1, 0.15) is 21.6 Å². The van der Waals surface area contributed by atoms with Gasteiger partial charge in [-0.25, -0.2) is 9.07 Å². The summed E-state index contributed by atoms with van der Waals surface area (Å²) in [6.07, 6.45) is 3.00. The lowest BCUT2D eigenvalue weighted by Crippen LogP contribution is -2.20. The van der Waals surface area contributed by atoms with Gasteiger partial charge in [-0.15, -0.1) is 11.3 Å². The number of carbonyl (C=O) groups excluding carboxylic acids is 1. The van der Waals surface area contributed by atoms with E-state index < -0.39 is 0 Å². The molecule has 4 aromatic rings. The van der Waals surface area contributed by atoms with Crippen LogP contribution in [0.15, 0.2) is 53.3 Å². The molecule has 1 N–H and O–H groups in total. The molecule has 2 aromatic heterocycles. The maximum atomic E-state index is 13.2. The summed E-state index contributed by atoms with van der Waals surface area (Å²) < 4.78 is 20.6. The number of rotatable bonds is 5. The number of carbonyl (C=O) groups is 1. The van der Waals surface area contributed by atoms with E-state index in [4.69, 9.17) is 16.3 Å². The first-order chi connectivity index (χ1) is 15.4.